The van der Waals surface area contributed by atoms with Gasteiger partial charge in [0.15, 0.2) is 0 Å². The monoisotopic (exact) mass is 503 g/mol. The van der Waals surface area contributed by atoms with Crippen LogP contribution >= 0.6 is 0 Å². The molecule has 0 aromatic heterocycles. The van der Waals surface area contributed by atoms with Gasteiger partial charge >= 0.3 is 0 Å². The van der Waals surface area contributed by atoms with E-state index in [-0.39, 0.29) is 24.2 Å². The number of carbonyl (C=O) groups excluding carboxylic acids is 2. The minimum Gasteiger partial charge on any atom is -0.507 e. The Bertz CT molecular complexity index is 1190. The number of anilines is 1. The van der Waals surface area contributed by atoms with Crippen molar-refractivity contribution in [3.8, 4) is 5.75 Å². The lowest BCUT2D eigenvalue weighted by molar-refractivity contribution is -0.123. The Morgan fingerprint density at radius 3 is 2.41 bits per heavy atom. The highest BCUT2D eigenvalue weighted by molar-refractivity contribution is 6.22. The zero-order chi connectivity index (χ0) is 26.5. The molecule has 2 aromatic rings. The Morgan fingerprint density at radius 1 is 1.05 bits per heavy atom. The Labute approximate surface area is 218 Å². The van der Waals surface area contributed by atoms with Gasteiger partial charge in [0.1, 0.15) is 5.75 Å². The number of aliphatic hydroxyl groups is 2. The molecular formula is C31H37NO5. The van der Waals surface area contributed by atoms with Gasteiger partial charge in [0, 0.05) is 11.5 Å². The topological polar surface area (TPSA) is 98.1 Å². The van der Waals surface area contributed by atoms with E-state index in [1.165, 1.54) is 4.90 Å². The van der Waals surface area contributed by atoms with Crippen LogP contribution in [0.25, 0.3) is 6.08 Å². The molecule has 6 heteroatoms. The number of hydrogen-bond donors (Lipinski definition) is 3. The highest BCUT2D eigenvalue weighted by atomic mass is 16.3. The van der Waals surface area contributed by atoms with Crippen molar-refractivity contribution in [1.82, 2.24) is 0 Å². The average Bonchev–Trinajstić information content (AvgIpc) is 3.16. The predicted molar refractivity (Wildman–Crippen MR) is 145 cm³/mol. The lowest BCUT2D eigenvalue weighted by Crippen LogP contribution is -2.39. The number of aliphatic hydroxyl groups excluding tert-OH is 2. The number of carbonyl (C=O) groups is 2. The SMILES string of the molecule is CCCC1=C([C@H](O)CC/C(=C/c2ccccc2O)CC)[C@H](CO)[C@@H]2C(=O)N(c3ccccc3)C(=O)[C@@H]2C1. The van der Waals surface area contributed by atoms with Crippen LogP contribution in [0, 0.1) is 17.8 Å². The van der Waals surface area contributed by atoms with Crippen molar-refractivity contribution < 1.29 is 24.9 Å². The van der Waals surface area contributed by atoms with Crippen LogP contribution in [0.15, 0.2) is 71.3 Å². The first-order valence-corrected chi connectivity index (χ1v) is 13.3. The summed E-state index contributed by atoms with van der Waals surface area (Å²) in [7, 11) is 0. The van der Waals surface area contributed by atoms with Gasteiger partial charge in [0.2, 0.25) is 11.8 Å². The molecule has 2 aliphatic rings. The number of aromatic hydroxyl groups is 1. The minimum atomic E-state index is -0.826. The summed E-state index contributed by atoms with van der Waals surface area (Å²) in [6.07, 6.45) is 4.96. The van der Waals surface area contributed by atoms with Gasteiger partial charge in [-0.15, -0.1) is 0 Å². The van der Waals surface area contributed by atoms with Gasteiger partial charge in [-0.1, -0.05) is 73.9 Å². The van der Waals surface area contributed by atoms with Gasteiger partial charge in [-0.05, 0) is 55.9 Å². The molecule has 2 amide bonds. The molecule has 37 heavy (non-hydrogen) atoms. The number of fused-ring (bicyclic) bond motifs is 1. The van der Waals surface area contributed by atoms with Gasteiger partial charge in [-0.3, -0.25) is 14.5 Å². The van der Waals surface area contributed by atoms with Crippen LogP contribution in [0.4, 0.5) is 5.69 Å². The average molecular weight is 504 g/mol. The number of hydrogen-bond acceptors (Lipinski definition) is 5. The molecule has 1 heterocycles. The normalized spacial score (nSPS) is 23.0. The molecular weight excluding hydrogens is 466 g/mol. The predicted octanol–water partition coefficient (Wildman–Crippen LogP) is 5.24. The number of benzene rings is 2. The first-order valence-electron chi connectivity index (χ1n) is 13.3. The van der Waals surface area contributed by atoms with Crippen molar-refractivity contribution in [1.29, 1.82) is 0 Å². The summed E-state index contributed by atoms with van der Waals surface area (Å²) in [6, 6.07) is 16.1. The zero-order valence-corrected chi connectivity index (χ0v) is 21.6. The molecule has 0 bridgehead atoms. The Balaban J connectivity index is 1.60. The Kier molecular flexibility index (Phi) is 8.62. The maximum absolute atomic E-state index is 13.6. The summed E-state index contributed by atoms with van der Waals surface area (Å²) in [6.45, 7) is 3.80. The van der Waals surface area contributed by atoms with Crippen molar-refractivity contribution >= 4 is 23.6 Å². The molecule has 4 atom stereocenters. The number of para-hydroxylation sites is 2. The van der Waals surface area contributed by atoms with E-state index in [4.69, 9.17) is 0 Å². The number of rotatable bonds is 10. The number of phenols is 1. The summed E-state index contributed by atoms with van der Waals surface area (Å²) < 4.78 is 0. The highest BCUT2D eigenvalue weighted by Gasteiger charge is 2.55. The zero-order valence-electron chi connectivity index (χ0n) is 21.6. The molecule has 2 aromatic carbocycles. The van der Waals surface area contributed by atoms with E-state index in [0.717, 1.165) is 35.1 Å². The summed E-state index contributed by atoms with van der Waals surface area (Å²) >= 11 is 0. The second kappa shape index (κ2) is 11.9. The van der Waals surface area contributed by atoms with Gasteiger partial charge in [0.25, 0.3) is 0 Å². The van der Waals surface area contributed by atoms with E-state index in [2.05, 4.69) is 6.92 Å². The van der Waals surface area contributed by atoms with E-state index in [1.807, 2.05) is 31.2 Å². The van der Waals surface area contributed by atoms with Crippen LogP contribution in [0.3, 0.4) is 0 Å². The second-order valence-electron chi connectivity index (χ2n) is 10.1. The molecule has 196 valence electrons. The first kappa shape index (κ1) is 26.8. The summed E-state index contributed by atoms with van der Waals surface area (Å²) in [5.74, 6) is -2.09. The molecule has 1 aliphatic heterocycles. The Hall–Kier alpha value is -3.22. The van der Waals surface area contributed by atoms with E-state index in [1.54, 1.807) is 36.4 Å². The van der Waals surface area contributed by atoms with Gasteiger partial charge in [-0.25, -0.2) is 0 Å². The van der Waals surface area contributed by atoms with Crippen LogP contribution in [0.2, 0.25) is 0 Å². The molecule has 1 aliphatic carbocycles. The number of allylic oxidation sites excluding steroid dienone is 2. The van der Waals surface area contributed by atoms with Crippen molar-refractivity contribution in [2.45, 2.75) is 58.5 Å². The smallest absolute Gasteiger partial charge is 0.238 e. The summed E-state index contributed by atoms with van der Waals surface area (Å²) in [5.41, 5.74) is 4.11. The third-order valence-electron chi connectivity index (χ3n) is 7.80. The fourth-order valence-electron chi connectivity index (χ4n) is 5.99. The lowest BCUT2D eigenvalue weighted by atomic mass is 9.67. The van der Waals surface area contributed by atoms with Gasteiger partial charge in [0.05, 0.1) is 30.2 Å². The number of amides is 2. The number of imide groups is 1. The second-order valence-corrected chi connectivity index (χ2v) is 10.1. The quantitative estimate of drug-likeness (QED) is 0.304. The van der Waals surface area contributed by atoms with Crippen molar-refractivity contribution in [2.24, 2.45) is 17.8 Å². The third kappa shape index (κ3) is 5.41. The van der Waals surface area contributed by atoms with Crippen LogP contribution < -0.4 is 4.90 Å². The molecule has 6 nitrogen and oxygen atoms in total. The molecule has 1 saturated heterocycles. The highest BCUT2D eigenvalue weighted by Crippen LogP contribution is 2.48. The van der Waals surface area contributed by atoms with E-state index in [9.17, 15) is 24.9 Å². The number of nitrogens with zero attached hydrogens (tertiary/aromatic N) is 1. The third-order valence-corrected chi connectivity index (χ3v) is 7.80. The van der Waals surface area contributed by atoms with Crippen LogP contribution in [0.5, 0.6) is 5.75 Å². The molecule has 4 rings (SSSR count). The van der Waals surface area contributed by atoms with E-state index in [0.29, 0.717) is 31.4 Å². The van der Waals surface area contributed by atoms with Crippen molar-refractivity contribution in [3.05, 3.63) is 76.9 Å². The van der Waals surface area contributed by atoms with Crippen molar-refractivity contribution in [2.75, 3.05) is 11.5 Å². The Morgan fingerprint density at radius 2 is 1.76 bits per heavy atom. The van der Waals surface area contributed by atoms with Crippen LogP contribution in [-0.2, 0) is 9.59 Å². The minimum absolute atomic E-state index is 0.216. The van der Waals surface area contributed by atoms with Crippen molar-refractivity contribution in [3.63, 3.8) is 0 Å². The first-order chi connectivity index (χ1) is 17.9. The molecule has 0 spiro atoms. The lowest BCUT2D eigenvalue weighted by Gasteiger charge is -2.36. The summed E-state index contributed by atoms with van der Waals surface area (Å²) in [5, 5.41) is 32.1. The molecule has 3 N–H and O–H groups in total. The maximum atomic E-state index is 13.6. The number of phenolic OH excluding ortho intramolecular Hbond substituents is 1. The van der Waals surface area contributed by atoms with E-state index >= 15 is 0 Å². The molecule has 0 saturated carbocycles. The van der Waals surface area contributed by atoms with Crippen LogP contribution in [-0.4, -0.2) is 39.8 Å². The summed E-state index contributed by atoms with van der Waals surface area (Å²) in [4.78, 5) is 28.2. The standard InChI is InChI=1S/C31H37NO5/c1-3-10-22-18-24-29(31(37)32(30(24)36)23-12-6-5-7-13-23)25(19-33)28(22)27(35)16-15-20(4-2)17-21-11-8-9-14-26(21)34/h5-9,11-14,17,24-25,27,29,33-35H,3-4,10,15-16,18-19H2,1-2H3/b20-17+/t24-,25+,27-,29-/m1/s1. The van der Waals surface area contributed by atoms with Crippen LogP contribution in [0.1, 0.15) is 57.9 Å². The van der Waals surface area contributed by atoms with E-state index < -0.39 is 23.9 Å². The molecule has 0 unspecified atom stereocenters. The molecule has 1 fully saturated rings. The van der Waals surface area contributed by atoms with Gasteiger partial charge in [-0.2, -0.15) is 0 Å². The fraction of sp³-hybridized carbons (Fsp3) is 0.419. The maximum Gasteiger partial charge on any atom is 0.238 e. The molecule has 0 radical (unpaired) electrons. The van der Waals surface area contributed by atoms with Gasteiger partial charge < -0.3 is 15.3 Å². The fourth-order valence-corrected chi connectivity index (χ4v) is 5.99. The largest absolute Gasteiger partial charge is 0.507 e.